The predicted octanol–water partition coefficient (Wildman–Crippen LogP) is 2.81. The first-order chi connectivity index (χ1) is 15.5. The number of carbonyl (C=O) groups is 2. The van der Waals surface area contributed by atoms with Crippen LogP contribution in [0.15, 0.2) is 64.3 Å². The van der Waals surface area contributed by atoms with E-state index < -0.39 is 28.6 Å². The van der Waals surface area contributed by atoms with Gasteiger partial charge in [-0.05, 0) is 24.3 Å². The Morgan fingerprint density at radius 2 is 1.97 bits per heavy atom. The highest BCUT2D eigenvalue weighted by Crippen LogP contribution is 2.52. The maximum absolute atomic E-state index is 14.0. The van der Waals surface area contributed by atoms with Crippen molar-refractivity contribution in [1.82, 2.24) is 4.90 Å². The summed E-state index contributed by atoms with van der Waals surface area (Å²) >= 11 is 0. The van der Waals surface area contributed by atoms with Gasteiger partial charge in [-0.3, -0.25) is 14.4 Å². The van der Waals surface area contributed by atoms with Crippen LogP contribution in [0.4, 0.5) is 10.1 Å². The molecule has 0 aliphatic carbocycles. The van der Waals surface area contributed by atoms with Crippen LogP contribution in [0, 0.1) is 5.82 Å². The standard InChI is InChI=1S/C24H19FN2O5/c1-3-10-26-17-7-5-4-6-16(17)24(23(26)30)19-20(28)15-13-14(25)8-9-18(15)32-21(19)22(29)27(24)11-12-31-2/h3-9,13H,1,10-12H2,2H3. The Balaban J connectivity index is 1.91. The highest BCUT2D eigenvalue weighted by atomic mass is 19.1. The molecule has 1 atom stereocenters. The van der Waals surface area contributed by atoms with Crippen LogP contribution in [0.1, 0.15) is 21.7 Å². The second-order valence-corrected chi connectivity index (χ2v) is 7.66. The zero-order valence-corrected chi connectivity index (χ0v) is 17.3. The van der Waals surface area contributed by atoms with Crippen molar-refractivity contribution in [2.45, 2.75) is 5.54 Å². The molecule has 1 aromatic heterocycles. The van der Waals surface area contributed by atoms with Gasteiger partial charge in [0.1, 0.15) is 11.4 Å². The molecular formula is C24H19FN2O5. The summed E-state index contributed by atoms with van der Waals surface area (Å²) in [5.41, 5.74) is -1.31. The minimum atomic E-state index is -1.73. The Labute approximate surface area is 182 Å². The maximum atomic E-state index is 14.0. The zero-order chi connectivity index (χ0) is 22.6. The van der Waals surface area contributed by atoms with Crippen molar-refractivity contribution in [1.29, 1.82) is 0 Å². The molecule has 5 rings (SSSR count). The van der Waals surface area contributed by atoms with Crippen LogP contribution >= 0.6 is 0 Å². The Hall–Kier alpha value is -3.78. The summed E-state index contributed by atoms with van der Waals surface area (Å²) in [7, 11) is 1.48. The predicted molar refractivity (Wildman–Crippen MR) is 115 cm³/mol. The molecule has 0 radical (unpaired) electrons. The Morgan fingerprint density at radius 1 is 1.19 bits per heavy atom. The van der Waals surface area contributed by atoms with Crippen LogP contribution in [0.2, 0.25) is 0 Å². The number of anilines is 1. The van der Waals surface area contributed by atoms with Crippen LogP contribution in [-0.4, -0.2) is 43.5 Å². The first kappa shape index (κ1) is 20.1. The number of para-hydroxylation sites is 1. The fourth-order valence-corrected chi connectivity index (χ4v) is 4.76. The molecule has 1 unspecified atom stereocenters. The van der Waals surface area contributed by atoms with E-state index in [0.717, 1.165) is 12.1 Å². The smallest absolute Gasteiger partial charge is 0.291 e. The first-order valence-corrected chi connectivity index (χ1v) is 10.1. The van der Waals surface area contributed by atoms with Crippen molar-refractivity contribution in [3.05, 3.63) is 88.0 Å². The lowest BCUT2D eigenvalue weighted by atomic mass is 9.84. The van der Waals surface area contributed by atoms with Gasteiger partial charge in [-0.25, -0.2) is 4.39 Å². The van der Waals surface area contributed by atoms with Crippen molar-refractivity contribution < 1.29 is 23.1 Å². The number of benzene rings is 2. The van der Waals surface area contributed by atoms with Crippen LogP contribution in [0.5, 0.6) is 0 Å². The summed E-state index contributed by atoms with van der Waals surface area (Å²) in [4.78, 5) is 44.0. The van der Waals surface area contributed by atoms with Gasteiger partial charge < -0.3 is 19.0 Å². The van der Waals surface area contributed by atoms with E-state index in [4.69, 9.17) is 9.15 Å². The molecule has 2 aromatic carbocycles. The van der Waals surface area contributed by atoms with Gasteiger partial charge in [0, 0.05) is 25.8 Å². The van der Waals surface area contributed by atoms with Gasteiger partial charge in [0.2, 0.25) is 5.76 Å². The molecule has 0 saturated carbocycles. The summed E-state index contributed by atoms with van der Waals surface area (Å²) in [6.07, 6.45) is 1.57. The van der Waals surface area contributed by atoms with E-state index in [1.165, 1.54) is 23.0 Å². The highest BCUT2D eigenvalue weighted by molar-refractivity contribution is 6.17. The van der Waals surface area contributed by atoms with Crippen molar-refractivity contribution in [3.8, 4) is 0 Å². The molecular weight excluding hydrogens is 415 g/mol. The first-order valence-electron chi connectivity index (χ1n) is 10.1. The number of rotatable bonds is 5. The van der Waals surface area contributed by atoms with E-state index >= 15 is 0 Å². The molecule has 2 aliphatic rings. The normalized spacial score (nSPS) is 19.2. The fourth-order valence-electron chi connectivity index (χ4n) is 4.76. The number of hydrogen-bond donors (Lipinski definition) is 0. The minimum absolute atomic E-state index is 0.0306. The van der Waals surface area contributed by atoms with Gasteiger partial charge in [-0.1, -0.05) is 24.3 Å². The summed E-state index contributed by atoms with van der Waals surface area (Å²) in [6, 6.07) is 10.5. The van der Waals surface area contributed by atoms with E-state index in [0.29, 0.717) is 11.3 Å². The van der Waals surface area contributed by atoms with Crippen molar-refractivity contribution in [3.63, 3.8) is 0 Å². The number of ether oxygens (including phenoxy) is 1. The summed E-state index contributed by atoms with van der Waals surface area (Å²) in [6.45, 7) is 4.10. The van der Waals surface area contributed by atoms with E-state index in [9.17, 15) is 18.8 Å². The quantitative estimate of drug-likeness (QED) is 0.577. The summed E-state index contributed by atoms with van der Waals surface area (Å²) in [5.74, 6) is -1.89. The van der Waals surface area contributed by atoms with Gasteiger partial charge in [0.25, 0.3) is 11.8 Å². The second-order valence-electron chi connectivity index (χ2n) is 7.66. The molecule has 7 nitrogen and oxygen atoms in total. The Kier molecular flexibility index (Phi) is 4.49. The lowest BCUT2D eigenvalue weighted by Gasteiger charge is -2.34. The third kappa shape index (κ3) is 2.41. The number of nitrogens with zero attached hydrogens (tertiary/aromatic N) is 2. The van der Waals surface area contributed by atoms with Crippen LogP contribution < -0.4 is 10.3 Å². The van der Waals surface area contributed by atoms with Crippen molar-refractivity contribution in [2.24, 2.45) is 0 Å². The number of methoxy groups -OCH3 is 1. The SMILES string of the molecule is C=CCN1C(=O)C2(c3ccccc31)c1c(oc3ccc(F)cc3c1=O)C(=O)N2CCOC. The number of fused-ring (bicyclic) bond motifs is 5. The highest BCUT2D eigenvalue weighted by Gasteiger charge is 2.64. The number of hydrogen-bond acceptors (Lipinski definition) is 5. The largest absolute Gasteiger partial charge is 0.450 e. The van der Waals surface area contributed by atoms with E-state index in [1.807, 2.05) is 0 Å². The van der Waals surface area contributed by atoms with Crippen molar-refractivity contribution in [2.75, 3.05) is 31.7 Å². The molecule has 2 amide bonds. The topological polar surface area (TPSA) is 80.1 Å². The van der Waals surface area contributed by atoms with E-state index in [-0.39, 0.29) is 42.0 Å². The van der Waals surface area contributed by atoms with E-state index in [2.05, 4.69) is 6.58 Å². The third-order valence-corrected chi connectivity index (χ3v) is 6.03. The number of carbonyl (C=O) groups excluding carboxylic acids is 2. The van der Waals surface area contributed by atoms with Gasteiger partial charge in [-0.2, -0.15) is 0 Å². The van der Waals surface area contributed by atoms with Gasteiger partial charge in [0.05, 0.1) is 23.2 Å². The molecule has 0 fully saturated rings. The average Bonchev–Trinajstić information content (AvgIpc) is 3.18. The molecule has 2 aliphatic heterocycles. The van der Waals surface area contributed by atoms with Crippen molar-refractivity contribution >= 4 is 28.5 Å². The average molecular weight is 434 g/mol. The molecule has 0 N–H and O–H groups in total. The van der Waals surface area contributed by atoms with E-state index in [1.54, 1.807) is 30.3 Å². The summed E-state index contributed by atoms with van der Waals surface area (Å²) in [5, 5.41) is -0.0306. The molecule has 1 spiro atoms. The van der Waals surface area contributed by atoms with Gasteiger partial charge in [0.15, 0.2) is 11.0 Å². The van der Waals surface area contributed by atoms with Crippen LogP contribution in [0.3, 0.4) is 0 Å². The van der Waals surface area contributed by atoms with Gasteiger partial charge >= 0.3 is 0 Å². The lowest BCUT2D eigenvalue weighted by Crippen LogP contribution is -2.54. The van der Waals surface area contributed by atoms with Crippen LogP contribution in [0.25, 0.3) is 11.0 Å². The Morgan fingerprint density at radius 3 is 2.72 bits per heavy atom. The summed E-state index contributed by atoms with van der Waals surface area (Å²) < 4.78 is 25.0. The third-order valence-electron chi connectivity index (χ3n) is 6.03. The second kappa shape index (κ2) is 7.13. The Bertz CT molecular complexity index is 1360. The molecule has 8 heteroatoms. The molecule has 162 valence electrons. The maximum Gasteiger partial charge on any atom is 0.291 e. The number of amides is 2. The molecule has 3 aromatic rings. The fraction of sp³-hybridized carbons (Fsp3) is 0.208. The number of halogens is 1. The molecule has 0 saturated heterocycles. The lowest BCUT2D eigenvalue weighted by molar-refractivity contribution is -0.126. The zero-order valence-electron chi connectivity index (χ0n) is 17.3. The molecule has 0 bridgehead atoms. The molecule has 3 heterocycles. The van der Waals surface area contributed by atoms with Gasteiger partial charge in [-0.15, -0.1) is 6.58 Å². The monoisotopic (exact) mass is 434 g/mol. The van der Waals surface area contributed by atoms with Crippen LogP contribution in [-0.2, 0) is 15.1 Å². The minimum Gasteiger partial charge on any atom is -0.450 e. The molecule has 32 heavy (non-hydrogen) atoms.